The van der Waals surface area contributed by atoms with Gasteiger partial charge in [-0.15, -0.1) is 0 Å². The number of rotatable bonds is 3. The van der Waals surface area contributed by atoms with Gasteiger partial charge >= 0.3 is 0 Å². The summed E-state index contributed by atoms with van der Waals surface area (Å²) in [6, 6.07) is 5.09. The maximum Gasteiger partial charge on any atom is 0.270 e. The summed E-state index contributed by atoms with van der Waals surface area (Å²) < 4.78 is 5.48. The third-order valence-electron chi connectivity index (χ3n) is 1.88. The van der Waals surface area contributed by atoms with Gasteiger partial charge in [0.2, 0.25) is 0 Å². The van der Waals surface area contributed by atoms with Gasteiger partial charge in [0.15, 0.2) is 0 Å². The number of amides is 1. The molecule has 0 atom stereocenters. The second kappa shape index (κ2) is 4.89. The summed E-state index contributed by atoms with van der Waals surface area (Å²) >= 11 is 3.25. The van der Waals surface area contributed by atoms with Crippen LogP contribution in [-0.4, -0.2) is 16.0 Å². The van der Waals surface area contributed by atoms with Gasteiger partial charge in [-0.3, -0.25) is 4.79 Å². The number of aromatic nitrogens is 2. The molecule has 2 heterocycles. The lowest BCUT2D eigenvalue weighted by Crippen LogP contribution is -2.23. The third kappa shape index (κ3) is 2.66. The van der Waals surface area contributed by atoms with Crippen molar-refractivity contribution in [1.82, 2.24) is 15.5 Å². The van der Waals surface area contributed by atoms with Crippen LogP contribution in [0.25, 0.3) is 0 Å². The lowest BCUT2D eigenvalue weighted by molar-refractivity contribution is 0.0945. The molecule has 1 amide bonds. The Labute approximate surface area is 100.0 Å². The largest absolute Gasteiger partial charge is 0.364 e. The molecule has 2 aromatic rings. The van der Waals surface area contributed by atoms with Gasteiger partial charge in [-0.2, -0.15) is 0 Å². The predicted octanol–water partition coefficient (Wildman–Crippen LogP) is 1.76. The van der Waals surface area contributed by atoms with Crippen LogP contribution in [0.15, 0.2) is 39.7 Å². The van der Waals surface area contributed by atoms with E-state index in [1.807, 2.05) is 0 Å². The van der Waals surface area contributed by atoms with E-state index in [4.69, 9.17) is 0 Å². The Morgan fingerprint density at radius 1 is 1.44 bits per heavy atom. The number of halogens is 1. The first kappa shape index (κ1) is 10.8. The van der Waals surface area contributed by atoms with Crippen LogP contribution in [0.4, 0.5) is 0 Å². The van der Waals surface area contributed by atoms with Crippen LogP contribution in [0.5, 0.6) is 0 Å². The smallest absolute Gasteiger partial charge is 0.270 e. The minimum Gasteiger partial charge on any atom is -0.364 e. The molecule has 0 unspecified atom stereocenters. The van der Waals surface area contributed by atoms with E-state index in [0.717, 1.165) is 4.47 Å². The van der Waals surface area contributed by atoms with Gasteiger partial charge < -0.3 is 9.84 Å². The summed E-state index contributed by atoms with van der Waals surface area (Å²) in [5, 5.41) is 6.36. The van der Waals surface area contributed by atoms with Gasteiger partial charge in [0.1, 0.15) is 17.7 Å². The van der Waals surface area contributed by atoms with Crippen molar-refractivity contribution in [2.75, 3.05) is 0 Å². The van der Waals surface area contributed by atoms with E-state index in [1.54, 1.807) is 24.4 Å². The van der Waals surface area contributed by atoms with Crippen LogP contribution in [0.1, 0.15) is 16.2 Å². The molecule has 0 aliphatic rings. The van der Waals surface area contributed by atoms with Crippen LogP contribution in [0.2, 0.25) is 0 Å². The molecule has 0 saturated heterocycles. The average Bonchev–Trinajstić information content (AvgIpc) is 2.80. The number of carbonyl (C=O) groups excluding carboxylic acids is 1. The zero-order valence-electron chi connectivity index (χ0n) is 8.18. The molecule has 2 rings (SSSR count). The van der Waals surface area contributed by atoms with Crippen molar-refractivity contribution < 1.29 is 9.32 Å². The second-order valence-electron chi connectivity index (χ2n) is 3.04. The highest BCUT2D eigenvalue weighted by molar-refractivity contribution is 9.10. The van der Waals surface area contributed by atoms with E-state index < -0.39 is 0 Å². The summed E-state index contributed by atoms with van der Waals surface area (Å²) in [5.41, 5.74) is 1.04. The van der Waals surface area contributed by atoms with Crippen molar-refractivity contribution in [3.63, 3.8) is 0 Å². The number of pyridine rings is 1. The molecule has 0 aliphatic carbocycles. The predicted molar refractivity (Wildman–Crippen MR) is 59.6 cm³/mol. The van der Waals surface area contributed by atoms with Gasteiger partial charge in [-0.25, -0.2) is 4.98 Å². The summed E-state index contributed by atoms with van der Waals surface area (Å²) in [5.74, 6) is -0.240. The molecule has 0 aromatic carbocycles. The highest BCUT2D eigenvalue weighted by Crippen LogP contribution is 2.07. The van der Waals surface area contributed by atoms with E-state index >= 15 is 0 Å². The van der Waals surface area contributed by atoms with Crippen molar-refractivity contribution in [2.24, 2.45) is 0 Å². The highest BCUT2D eigenvalue weighted by atomic mass is 79.9. The first-order valence-electron chi connectivity index (χ1n) is 4.55. The van der Waals surface area contributed by atoms with Gasteiger partial charge in [-0.05, 0) is 28.1 Å². The van der Waals surface area contributed by atoms with E-state index in [-0.39, 0.29) is 5.91 Å². The molecule has 0 saturated carbocycles. The number of nitrogens with zero attached hydrogens (tertiary/aromatic N) is 2. The molecule has 0 spiro atoms. The minimum absolute atomic E-state index is 0.240. The fourth-order valence-corrected chi connectivity index (χ4v) is 1.33. The fourth-order valence-electron chi connectivity index (χ4n) is 1.10. The van der Waals surface area contributed by atoms with E-state index in [9.17, 15) is 4.79 Å². The molecule has 0 radical (unpaired) electrons. The van der Waals surface area contributed by atoms with E-state index in [2.05, 4.69) is 35.9 Å². The zero-order chi connectivity index (χ0) is 11.4. The molecule has 5 nitrogen and oxygen atoms in total. The quantitative estimate of drug-likeness (QED) is 0.931. The molecule has 6 heteroatoms. The van der Waals surface area contributed by atoms with Crippen LogP contribution >= 0.6 is 15.9 Å². The molecule has 16 heavy (non-hydrogen) atoms. The number of carbonyl (C=O) groups is 1. The Morgan fingerprint density at radius 2 is 2.31 bits per heavy atom. The maximum absolute atomic E-state index is 11.6. The third-order valence-corrected chi connectivity index (χ3v) is 2.35. The lowest BCUT2D eigenvalue weighted by Gasteiger charge is -2.01. The first-order valence-corrected chi connectivity index (χ1v) is 5.34. The fraction of sp³-hybridized carbons (Fsp3) is 0.100. The van der Waals surface area contributed by atoms with Crippen molar-refractivity contribution >= 4 is 21.8 Å². The molecule has 1 N–H and O–H groups in total. The van der Waals surface area contributed by atoms with Crippen LogP contribution in [0.3, 0.4) is 0 Å². The van der Waals surface area contributed by atoms with E-state index in [1.165, 1.54) is 6.26 Å². The Bertz CT molecular complexity index is 467. The maximum atomic E-state index is 11.6. The van der Waals surface area contributed by atoms with Gasteiger partial charge in [-0.1, -0.05) is 5.16 Å². The minimum atomic E-state index is -0.240. The Morgan fingerprint density at radius 3 is 2.94 bits per heavy atom. The van der Waals surface area contributed by atoms with Gasteiger partial charge in [0.25, 0.3) is 5.91 Å². The average molecular weight is 282 g/mol. The molecular weight excluding hydrogens is 274 g/mol. The standard InChI is InChI=1S/C10H8BrN3O2/c11-7-1-2-9(12-5-7)10(15)13-6-8-3-4-16-14-8/h1-5H,6H2,(H,13,15). The monoisotopic (exact) mass is 281 g/mol. The van der Waals surface area contributed by atoms with Gasteiger partial charge in [0.05, 0.1) is 6.54 Å². The number of hydrogen-bond donors (Lipinski definition) is 1. The SMILES string of the molecule is O=C(NCc1ccon1)c1ccc(Br)cn1. The van der Waals surface area contributed by atoms with Gasteiger partial charge in [0, 0.05) is 16.7 Å². The second-order valence-corrected chi connectivity index (χ2v) is 3.95. The zero-order valence-corrected chi connectivity index (χ0v) is 9.77. The Kier molecular flexibility index (Phi) is 3.31. The first-order chi connectivity index (χ1) is 7.75. The number of hydrogen-bond acceptors (Lipinski definition) is 4. The molecule has 0 fully saturated rings. The Hall–Kier alpha value is -1.69. The molecule has 2 aromatic heterocycles. The van der Waals surface area contributed by atoms with Crippen LogP contribution < -0.4 is 5.32 Å². The highest BCUT2D eigenvalue weighted by Gasteiger charge is 2.07. The van der Waals surface area contributed by atoms with Crippen molar-refractivity contribution in [3.05, 3.63) is 46.5 Å². The lowest BCUT2D eigenvalue weighted by atomic mass is 10.3. The summed E-state index contributed by atoms with van der Waals surface area (Å²) in [6.45, 7) is 0.326. The number of nitrogens with one attached hydrogen (secondary N) is 1. The topological polar surface area (TPSA) is 68.0 Å². The normalized spacial score (nSPS) is 10.1. The Balaban J connectivity index is 1.95. The van der Waals surface area contributed by atoms with Crippen LogP contribution in [0, 0.1) is 0 Å². The molecular formula is C10H8BrN3O2. The summed E-state index contributed by atoms with van der Waals surface area (Å²) in [4.78, 5) is 15.6. The van der Waals surface area contributed by atoms with Crippen molar-refractivity contribution in [2.45, 2.75) is 6.54 Å². The molecule has 0 aliphatic heterocycles. The summed E-state index contributed by atoms with van der Waals surface area (Å²) in [6.07, 6.45) is 3.03. The van der Waals surface area contributed by atoms with E-state index in [0.29, 0.717) is 17.9 Å². The van der Waals surface area contributed by atoms with Crippen molar-refractivity contribution in [3.8, 4) is 0 Å². The van der Waals surface area contributed by atoms with Crippen LogP contribution in [-0.2, 0) is 6.54 Å². The molecule has 0 bridgehead atoms. The van der Waals surface area contributed by atoms with Crippen molar-refractivity contribution in [1.29, 1.82) is 0 Å². The molecule has 82 valence electrons. The summed E-state index contributed by atoms with van der Waals surface area (Å²) in [7, 11) is 0.